The number of nitrogens with one attached hydrogen (secondary N) is 1. The molecule has 8 heteroatoms. The first-order valence-electron chi connectivity index (χ1n) is 6.60. The number of anilines is 1. The first kappa shape index (κ1) is 18.1. The molecule has 0 saturated carbocycles. The zero-order valence-electron chi connectivity index (χ0n) is 12.4. The molecule has 1 aromatic carbocycles. The van der Waals surface area contributed by atoms with Crippen LogP contribution in [-0.4, -0.2) is 54.7 Å². The van der Waals surface area contributed by atoms with Crippen LogP contribution in [0.5, 0.6) is 11.5 Å². The Hall–Kier alpha value is -1.99. The molecule has 122 valence electrons. The number of nitrogens with zero attached hydrogens (tertiary/aromatic N) is 1. The number of carboxylic acid groups (broad SMARTS) is 1. The molecule has 0 radical (unpaired) electrons. The van der Waals surface area contributed by atoms with Crippen LogP contribution in [0.15, 0.2) is 18.2 Å². The molecule has 0 spiro atoms. The normalized spacial score (nSPS) is 14.0. The largest absolute Gasteiger partial charge is 0.486 e. The minimum atomic E-state index is -0.968. The van der Waals surface area contributed by atoms with Crippen molar-refractivity contribution in [3.63, 3.8) is 0 Å². The van der Waals surface area contributed by atoms with Crippen LogP contribution in [0.3, 0.4) is 0 Å². The third-order valence-electron chi connectivity index (χ3n) is 3.24. The number of amides is 1. The van der Waals surface area contributed by atoms with Crippen molar-refractivity contribution < 1.29 is 24.2 Å². The van der Waals surface area contributed by atoms with Gasteiger partial charge in [-0.2, -0.15) is 0 Å². The number of fused-ring (bicyclic) bond motifs is 1. The number of ether oxygens (including phenoxy) is 2. The van der Waals surface area contributed by atoms with E-state index >= 15 is 0 Å². The van der Waals surface area contributed by atoms with Crippen molar-refractivity contribution in [3.05, 3.63) is 18.2 Å². The molecule has 0 aromatic heterocycles. The monoisotopic (exact) mass is 330 g/mol. The lowest BCUT2D eigenvalue weighted by Crippen LogP contribution is -2.40. The van der Waals surface area contributed by atoms with Gasteiger partial charge in [0.25, 0.3) is 0 Å². The van der Waals surface area contributed by atoms with Gasteiger partial charge in [0.05, 0.1) is 6.54 Å². The average Bonchev–Trinajstić information content (AvgIpc) is 2.45. The smallest absolute Gasteiger partial charge is 0.320 e. The van der Waals surface area contributed by atoms with Crippen LogP contribution in [0, 0.1) is 0 Å². The third-order valence-corrected chi connectivity index (χ3v) is 3.24. The van der Waals surface area contributed by atoms with E-state index < -0.39 is 12.0 Å². The number of benzene rings is 1. The van der Waals surface area contributed by atoms with E-state index in [4.69, 9.17) is 14.6 Å². The predicted molar refractivity (Wildman–Crippen MR) is 83.0 cm³/mol. The Morgan fingerprint density at radius 1 is 1.32 bits per heavy atom. The number of halogens is 1. The van der Waals surface area contributed by atoms with Gasteiger partial charge in [0.2, 0.25) is 5.91 Å². The summed E-state index contributed by atoms with van der Waals surface area (Å²) in [4.78, 5) is 24.2. The second-order valence-corrected chi connectivity index (χ2v) is 4.84. The Labute approximate surface area is 134 Å². The molecule has 22 heavy (non-hydrogen) atoms. The number of aliphatic carboxylic acids is 1. The van der Waals surface area contributed by atoms with Crippen LogP contribution >= 0.6 is 12.4 Å². The molecule has 2 N–H and O–H groups in total. The van der Waals surface area contributed by atoms with E-state index in [1.165, 1.54) is 11.8 Å². The molecule has 1 aliphatic heterocycles. The Bertz CT molecular complexity index is 552. The maximum absolute atomic E-state index is 11.9. The van der Waals surface area contributed by atoms with Crippen molar-refractivity contribution in [2.24, 2.45) is 0 Å². The zero-order chi connectivity index (χ0) is 15.4. The molecule has 0 bridgehead atoms. The Balaban J connectivity index is 0.00000242. The van der Waals surface area contributed by atoms with Gasteiger partial charge >= 0.3 is 5.97 Å². The SMILES string of the molecule is CC(C(=O)O)N(C)CC(=O)Nc1ccc2c(c1)OCCO2.Cl. The van der Waals surface area contributed by atoms with E-state index in [9.17, 15) is 9.59 Å². The number of hydrogen-bond acceptors (Lipinski definition) is 5. The van der Waals surface area contributed by atoms with Gasteiger partial charge in [-0.15, -0.1) is 12.4 Å². The maximum Gasteiger partial charge on any atom is 0.320 e. The Morgan fingerprint density at radius 2 is 1.95 bits per heavy atom. The molecule has 1 amide bonds. The lowest BCUT2D eigenvalue weighted by molar-refractivity contribution is -0.142. The highest BCUT2D eigenvalue weighted by atomic mass is 35.5. The van der Waals surface area contributed by atoms with E-state index in [0.717, 1.165) is 0 Å². The van der Waals surface area contributed by atoms with Crippen LogP contribution in [0.25, 0.3) is 0 Å². The van der Waals surface area contributed by atoms with Gasteiger partial charge in [-0.25, -0.2) is 0 Å². The molecule has 0 aliphatic carbocycles. The topological polar surface area (TPSA) is 88.1 Å². The van der Waals surface area contributed by atoms with E-state index in [1.807, 2.05) is 0 Å². The summed E-state index contributed by atoms with van der Waals surface area (Å²) < 4.78 is 10.8. The van der Waals surface area contributed by atoms with Gasteiger partial charge in [0.1, 0.15) is 19.3 Å². The molecule has 1 heterocycles. The average molecular weight is 331 g/mol. The van der Waals surface area contributed by atoms with E-state index in [2.05, 4.69) is 5.32 Å². The second-order valence-electron chi connectivity index (χ2n) is 4.84. The molecule has 1 unspecified atom stereocenters. The van der Waals surface area contributed by atoms with E-state index in [1.54, 1.807) is 25.2 Å². The molecular formula is C14H19ClN2O5. The van der Waals surface area contributed by atoms with Crippen molar-refractivity contribution in [1.82, 2.24) is 4.90 Å². The summed E-state index contributed by atoms with van der Waals surface area (Å²) in [6.07, 6.45) is 0. The summed E-state index contributed by atoms with van der Waals surface area (Å²) in [6.45, 7) is 2.50. The number of carbonyl (C=O) groups excluding carboxylic acids is 1. The molecule has 1 atom stereocenters. The second kappa shape index (κ2) is 7.86. The minimum absolute atomic E-state index is 0. The lowest BCUT2D eigenvalue weighted by atomic mass is 10.2. The Kier molecular flexibility index (Phi) is 6.45. The van der Waals surface area contributed by atoms with E-state index in [-0.39, 0.29) is 24.9 Å². The lowest BCUT2D eigenvalue weighted by Gasteiger charge is -2.21. The molecule has 0 fully saturated rings. The number of carboxylic acids is 1. The summed E-state index contributed by atoms with van der Waals surface area (Å²) in [5.41, 5.74) is 0.584. The van der Waals surface area contributed by atoms with Gasteiger partial charge in [-0.3, -0.25) is 14.5 Å². The van der Waals surface area contributed by atoms with Crippen molar-refractivity contribution in [1.29, 1.82) is 0 Å². The summed E-state index contributed by atoms with van der Waals surface area (Å²) >= 11 is 0. The van der Waals surface area contributed by atoms with Gasteiger partial charge < -0.3 is 19.9 Å². The first-order valence-corrected chi connectivity index (χ1v) is 6.60. The van der Waals surface area contributed by atoms with Crippen LogP contribution in [0.2, 0.25) is 0 Å². The fraction of sp³-hybridized carbons (Fsp3) is 0.429. The third kappa shape index (κ3) is 4.51. The van der Waals surface area contributed by atoms with Crippen LogP contribution < -0.4 is 14.8 Å². The summed E-state index contributed by atoms with van der Waals surface area (Å²) in [7, 11) is 1.59. The molecule has 2 rings (SSSR count). The van der Waals surface area contributed by atoms with Crippen LogP contribution in [-0.2, 0) is 9.59 Å². The van der Waals surface area contributed by atoms with Crippen molar-refractivity contribution in [3.8, 4) is 11.5 Å². The maximum atomic E-state index is 11.9. The number of likely N-dealkylation sites (N-methyl/N-ethyl adjacent to an activating group) is 1. The van der Waals surface area contributed by atoms with Crippen LogP contribution in [0.1, 0.15) is 6.92 Å². The van der Waals surface area contributed by atoms with Crippen molar-refractivity contribution in [2.75, 3.05) is 32.1 Å². The molecular weight excluding hydrogens is 312 g/mol. The predicted octanol–water partition coefficient (Wildman–Crippen LogP) is 1.22. The van der Waals surface area contributed by atoms with Gasteiger partial charge in [0, 0.05) is 11.8 Å². The van der Waals surface area contributed by atoms with Gasteiger partial charge in [0.15, 0.2) is 11.5 Å². The molecule has 1 aromatic rings. The Morgan fingerprint density at radius 3 is 2.59 bits per heavy atom. The molecule has 0 saturated heterocycles. The number of hydrogen-bond donors (Lipinski definition) is 2. The summed E-state index contributed by atoms with van der Waals surface area (Å²) in [5.74, 6) is -0.0194. The quantitative estimate of drug-likeness (QED) is 0.844. The van der Waals surface area contributed by atoms with Gasteiger partial charge in [-0.1, -0.05) is 0 Å². The van der Waals surface area contributed by atoms with Crippen LogP contribution in [0.4, 0.5) is 5.69 Å². The molecule has 7 nitrogen and oxygen atoms in total. The highest BCUT2D eigenvalue weighted by molar-refractivity contribution is 5.93. The van der Waals surface area contributed by atoms with Crippen molar-refractivity contribution in [2.45, 2.75) is 13.0 Å². The molecule has 1 aliphatic rings. The first-order chi connectivity index (χ1) is 9.97. The number of rotatable bonds is 5. The summed E-state index contributed by atoms with van der Waals surface area (Å²) in [5, 5.41) is 11.6. The fourth-order valence-corrected chi connectivity index (χ4v) is 1.87. The summed E-state index contributed by atoms with van der Waals surface area (Å²) in [6, 6.07) is 4.41. The number of carbonyl (C=O) groups is 2. The van der Waals surface area contributed by atoms with Crippen molar-refractivity contribution >= 4 is 30.0 Å². The minimum Gasteiger partial charge on any atom is -0.486 e. The standard InChI is InChI=1S/C14H18N2O5.ClH/c1-9(14(18)19)16(2)8-13(17)15-10-3-4-11-12(7-10)21-6-5-20-11;/h3-4,7,9H,5-6,8H2,1-2H3,(H,15,17)(H,18,19);1H. The highest BCUT2D eigenvalue weighted by Gasteiger charge is 2.19. The van der Waals surface area contributed by atoms with E-state index in [0.29, 0.717) is 30.4 Å². The fourth-order valence-electron chi connectivity index (χ4n) is 1.87. The zero-order valence-corrected chi connectivity index (χ0v) is 13.2. The highest BCUT2D eigenvalue weighted by Crippen LogP contribution is 2.32. The van der Waals surface area contributed by atoms with Gasteiger partial charge in [-0.05, 0) is 26.1 Å².